The first kappa shape index (κ1) is 27.1. The van der Waals surface area contributed by atoms with E-state index in [9.17, 15) is 19.8 Å². The number of rotatable bonds is 6. The number of carbonyl (C=O) groups is 2. The van der Waals surface area contributed by atoms with Crippen molar-refractivity contribution < 1.29 is 19.8 Å². The number of nitrogens with zero attached hydrogens (tertiary/aromatic N) is 4. The molecule has 10 nitrogen and oxygen atoms in total. The Morgan fingerprint density at radius 1 is 0.976 bits per heavy atom. The maximum Gasteiger partial charge on any atom is 0.324 e. The lowest BCUT2D eigenvalue weighted by atomic mass is 10.00. The Balaban J connectivity index is 1.19. The predicted octanol–water partition coefficient (Wildman–Crippen LogP) is 3.09. The van der Waals surface area contributed by atoms with Crippen LogP contribution in [-0.4, -0.2) is 75.9 Å². The van der Waals surface area contributed by atoms with Crippen molar-refractivity contribution in [2.45, 2.75) is 44.6 Å². The molecule has 0 aliphatic carbocycles. The number of fused-ring (bicyclic) bond motifs is 2. The quantitative estimate of drug-likeness (QED) is 0.348. The number of benzodiazepines with no additional fused rings is 1. The van der Waals surface area contributed by atoms with Gasteiger partial charge in [-0.25, -0.2) is 10.1 Å². The molecule has 3 aromatic carbocycles. The van der Waals surface area contributed by atoms with Gasteiger partial charge in [-0.1, -0.05) is 66.7 Å². The number of aliphatic imine (C=N–C) groups is 1. The molecule has 4 N–H and O–H groups in total. The molecule has 0 spiro atoms. The van der Waals surface area contributed by atoms with E-state index >= 15 is 0 Å². The highest BCUT2D eigenvalue weighted by molar-refractivity contribution is 6.20. The van der Waals surface area contributed by atoms with Gasteiger partial charge < -0.3 is 20.4 Å². The molecule has 6 rings (SSSR count). The first-order valence-electron chi connectivity index (χ1n) is 14.0. The van der Waals surface area contributed by atoms with E-state index in [1.807, 2.05) is 78.6 Å². The van der Waals surface area contributed by atoms with E-state index in [0.717, 1.165) is 16.8 Å². The molecule has 1 saturated heterocycles. The number of para-hydroxylation sites is 2. The number of aliphatic hydroxyl groups excluding tert-OH is 2. The zero-order valence-corrected chi connectivity index (χ0v) is 22.9. The monoisotopic (exact) mass is 554 g/mol. The molecule has 0 aromatic heterocycles. The van der Waals surface area contributed by atoms with Crippen LogP contribution >= 0.6 is 0 Å². The van der Waals surface area contributed by atoms with E-state index in [2.05, 4.69) is 10.6 Å². The van der Waals surface area contributed by atoms with Gasteiger partial charge in [0.05, 0.1) is 17.1 Å². The summed E-state index contributed by atoms with van der Waals surface area (Å²) in [7, 11) is 0. The highest BCUT2D eigenvalue weighted by Crippen LogP contribution is 2.35. The fourth-order valence-corrected chi connectivity index (χ4v) is 5.99. The van der Waals surface area contributed by atoms with Crippen LogP contribution in [0, 0.1) is 0 Å². The van der Waals surface area contributed by atoms with Gasteiger partial charge in [0, 0.05) is 42.4 Å². The summed E-state index contributed by atoms with van der Waals surface area (Å²) in [6.45, 7) is 3.30. The number of likely N-dealkylation sites (N-methyl/N-ethyl adjacent to an activating group) is 1. The molecule has 3 atom stereocenters. The zero-order chi connectivity index (χ0) is 28.5. The summed E-state index contributed by atoms with van der Waals surface area (Å²) >= 11 is 0. The highest BCUT2D eigenvalue weighted by atomic mass is 16.3. The number of amides is 3. The number of urea groups is 1. The Labute approximate surface area is 238 Å². The topological polar surface area (TPSA) is 121 Å². The summed E-state index contributed by atoms with van der Waals surface area (Å²) < 4.78 is 0. The van der Waals surface area contributed by atoms with Crippen molar-refractivity contribution >= 4 is 29.0 Å². The Morgan fingerprint density at radius 2 is 1.66 bits per heavy atom. The number of benzene rings is 3. The summed E-state index contributed by atoms with van der Waals surface area (Å²) in [5.74, 6) is -0.244. The fraction of sp³-hybridized carbons (Fsp3) is 0.323. The molecule has 0 saturated carbocycles. The van der Waals surface area contributed by atoms with Crippen LogP contribution in [0.25, 0.3) is 0 Å². The van der Waals surface area contributed by atoms with E-state index in [1.165, 1.54) is 4.90 Å². The van der Waals surface area contributed by atoms with Crippen molar-refractivity contribution in [2.75, 3.05) is 29.9 Å². The number of carbonyl (C=O) groups excluding carboxylic acids is 2. The second-order valence-corrected chi connectivity index (χ2v) is 10.5. The lowest BCUT2D eigenvalue weighted by Gasteiger charge is -2.44. The summed E-state index contributed by atoms with van der Waals surface area (Å²) in [6, 6.07) is 24.1. The minimum atomic E-state index is -1.13. The van der Waals surface area contributed by atoms with E-state index in [0.29, 0.717) is 49.4 Å². The van der Waals surface area contributed by atoms with Crippen molar-refractivity contribution in [3.8, 4) is 0 Å². The van der Waals surface area contributed by atoms with Crippen molar-refractivity contribution in [3.05, 3.63) is 95.6 Å². The van der Waals surface area contributed by atoms with Crippen LogP contribution in [0.15, 0.2) is 83.9 Å². The maximum absolute atomic E-state index is 13.7. The first-order valence-corrected chi connectivity index (χ1v) is 14.0. The normalized spacial score (nSPS) is 22.4. The third-order valence-corrected chi connectivity index (χ3v) is 8.10. The number of aliphatic hydroxyl groups is 2. The zero-order valence-electron chi connectivity index (χ0n) is 22.9. The predicted molar refractivity (Wildman–Crippen MR) is 156 cm³/mol. The van der Waals surface area contributed by atoms with Gasteiger partial charge in [0.1, 0.15) is 0 Å². The smallest absolute Gasteiger partial charge is 0.324 e. The molecule has 41 heavy (non-hydrogen) atoms. The summed E-state index contributed by atoms with van der Waals surface area (Å²) in [5.41, 5.74) is 4.48. The van der Waals surface area contributed by atoms with Crippen molar-refractivity contribution in [2.24, 2.45) is 4.99 Å². The summed E-state index contributed by atoms with van der Waals surface area (Å²) in [5, 5.41) is 28.1. The number of piperidine rings is 1. The van der Waals surface area contributed by atoms with Crippen LogP contribution in [0.5, 0.6) is 0 Å². The van der Waals surface area contributed by atoms with Crippen LogP contribution < -0.4 is 15.5 Å². The number of anilines is 2. The lowest BCUT2D eigenvalue weighted by Crippen LogP contribution is -2.58. The van der Waals surface area contributed by atoms with Crippen LogP contribution in [0.4, 0.5) is 16.2 Å². The molecule has 1 unspecified atom stereocenters. The second-order valence-electron chi connectivity index (χ2n) is 10.5. The molecule has 3 aromatic rings. The van der Waals surface area contributed by atoms with E-state index in [-0.39, 0.29) is 18.0 Å². The molecule has 3 amide bonds. The average Bonchev–Trinajstić information content (AvgIpc) is 3.11. The average molecular weight is 555 g/mol. The van der Waals surface area contributed by atoms with Gasteiger partial charge in [-0.3, -0.25) is 19.6 Å². The Morgan fingerprint density at radius 3 is 2.41 bits per heavy atom. The molecule has 1 fully saturated rings. The van der Waals surface area contributed by atoms with Crippen molar-refractivity contribution in [3.63, 3.8) is 0 Å². The SMILES string of the molecule is CCN1C(=O)[C@H](NC(O)N2CCC(N3C(=O)Nc4ccccc4[C@@H]3O)CC2)N=C(c2ccccc2)c2ccccc21. The lowest BCUT2D eigenvalue weighted by molar-refractivity contribution is -0.123. The van der Waals surface area contributed by atoms with Gasteiger partial charge in [-0.05, 0) is 31.9 Å². The maximum atomic E-state index is 13.7. The minimum Gasteiger partial charge on any atom is -0.369 e. The standard InChI is InChI=1S/C31H34N6O4/c1-2-36-25-15-9-7-13-23(25)26(20-10-4-3-5-11-20)33-27(29(36)39)34-30(40)35-18-16-21(17-19-35)37-28(38)22-12-6-8-14-24(22)32-31(37)41/h3-15,21,27-28,30,34,38,40H,2,16-19H2,1H3,(H,32,41)/t27-,28-,30?/m0/s1. The van der Waals surface area contributed by atoms with E-state index in [1.54, 1.807) is 17.0 Å². The van der Waals surface area contributed by atoms with E-state index in [4.69, 9.17) is 4.99 Å². The van der Waals surface area contributed by atoms with Crippen molar-refractivity contribution in [1.82, 2.24) is 15.1 Å². The molecule has 3 heterocycles. The van der Waals surface area contributed by atoms with Gasteiger partial charge >= 0.3 is 6.03 Å². The second kappa shape index (κ2) is 11.4. The summed E-state index contributed by atoms with van der Waals surface area (Å²) in [4.78, 5) is 36.4. The van der Waals surface area contributed by atoms with Gasteiger partial charge in [0.15, 0.2) is 18.7 Å². The van der Waals surface area contributed by atoms with Gasteiger partial charge in [0.25, 0.3) is 5.91 Å². The molecular formula is C31H34N6O4. The van der Waals surface area contributed by atoms with Crippen LogP contribution in [0.3, 0.4) is 0 Å². The number of hydrogen-bond donors (Lipinski definition) is 4. The number of nitrogens with one attached hydrogen (secondary N) is 2. The van der Waals surface area contributed by atoms with Crippen molar-refractivity contribution in [1.29, 1.82) is 0 Å². The van der Waals surface area contributed by atoms with Gasteiger partial charge in [-0.2, -0.15) is 0 Å². The highest BCUT2D eigenvalue weighted by Gasteiger charge is 2.39. The summed E-state index contributed by atoms with van der Waals surface area (Å²) in [6.07, 6.45) is -2.07. The largest absolute Gasteiger partial charge is 0.369 e. The molecule has 3 aliphatic heterocycles. The van der Waals surface area contributed by atoms with Crippen LogP contribution in [0.1, 0.15) is 42.7 Å². The van der Waals surface area contributed by atoms with Crippen LogP contribution in [0.2, 0.25) is 0 Å². The first-order chi connectivity index (χ1) is 20.0. The Kier molecular flexibility index (Phi) is 7.55. The van der Waals surface area contributed by atoms with E-state index < -0.39 is 18.7 Å². The minimum absolute atomic E-state index is 0.200. The third kappa shape index (κ3) is 5.11. The molecule has 212 valence electrons. The number of likely N-dealkylation sites (tertiary alicyclic amines) is 1. The number of hydrogen-bond acceptors (Lipinski definition) is 7. The molecule has 10 heteroatoms. The fourth-order valence-electron chi connectivity index (χ4n) is 5.99. The Bertz CT molecular complexity index is 1460. The molecule has 3 aliphatic rings. The molecule has 0 radical (unpaired) electrons. The van der Waals surface area contributed by atoms with Crippen LogP contribution in [-0.2, 0) is 4.79 Å². The molecule has 0 bridgehead atoms. The third-order valence-electron chi connectivity index (χ3n) is 8.10. The van der Waals surface area contributed by atoms with Gasteiger partial charge in [0.2, 0.25) is 0 Å². The van der Waals surface area contributed by atoms with Gasteiger partial charge in [-0.15, -0.1) is 0 Å². The molecular weight excluding hydrogens is 520 g/mol. The Hall–Kier alpha value is -4.09.